The zero-order valence-electron chi connectivity index (χ0n) is 7.51. The Hall–Kier alpha value is -0.670. The molecule has 0 saturated carbocycles. The van der Waals surface area contributed by atoms with E-state index in [1.165, 1.54) is 6.92 Å². The van der Waals surface area contributed by atoms with Crippen LogP contribution in [0.15, 0.2) is 22.7 Å². The lowest BCUT2D eigenvalue weighted by Gasteiger charge is -2.06. The smallest absolute Gasteiger partial charge is 0.252 e. The maximum absolute atomic E-state index is 11.0. The van der Waals surface area contributed by atoms with Crippen LogP contribution in [-0.2, 0) is 11.2 Å². The van der Waals surface area contributed by atoms with E-state index in [0.29, 0.717) is 11.1 Å². The molecule has 74 valence electrons. The molecule has 0 radical (unpaired) electrons. The summed E-state index contributed by atoms with van der Waals surface area (Å²) in [6, 6.07) is 5.10. The fourth-order valence-electron chi connectivity index (χ4n) is 1.17. The fourth-order valence-corrected chi connectivity index (χ4v) is 1.85. The third kappa shape index (κ3) is 2.66. The van der Waals surface area contributed by atoms with Gasteiger partial charge in [-0.3, -0.25) is 9.59 Å². The minimum Gasteiger partial charge on any atom is -0.300 e. The monoisotopic (exact) mass is 274 g/mol. The van der Waals surface area contributed by atoms with Gasteiger partial charge in [-0.2, -0.15) is 0 Å². The van der Waals surface area contributed by atoms with Crippen molar-refractivity contribution in [3.05, 3.63) is 33.8 Å². The quantitative estimate of drug-likeness (QED) is 0.795. The van der Waals surface area contributed by atoms with E-state index in [2.05, 4.69) is 15.9 Å². The predicted octanol–water partition coefficient (Wildman–Crippen LogP) is 2.96. The highest BCUT2D eigenvalue weighted by atomic mass is 79.9. The topological polar surface area (TPSA) is 34.1 Å². The molecule has 0 aliphatic heterocycles. The highest BCUT2D eigenvalue weighted by Crippen LogP contribution is 2.22. The molecule has 0 aliphatic carbocycles. The molecular formula is C10H8BrClO2. The molecule has 0 atom stereocenters. The number of rotatable bonds is 3. The van der Waals surface area contributed by atoms with Gasteiger partial charge in [-0.1, -0.05) is 22.0 Å². The van der Waals surface area contributed by atoms with Crippen LogP contribution in [0.1, 0.15) is 22.8 Å². The van der Waals surface area contributed by atoms with Crippen molar-refractivity contribution in [2.45, 2.75) is 13.3 Å². The van der Waals surface area contributed by atoms with Crippen LogP contribution in [0.4, 0.5) is 0 Å². The summed E-state index contributed by atoms with van der Waals surface area (Å²) in [5, 5.41) is -0.539. The lowest BCUT2D eigenvalue weighted by Crippen LogP contribution is -2.04. The highest BCUT2D eigenvalue weighted by Gasteiger charge is 2.12. The molecule has 1 aromatic carbocycles. The number of benzene rings is 1. The molecule has 0 aromatic heterocycles. The van der Waals surface area contributed by atoms with Gasteiger partial charge in [-0.05, 0) is 36.2 Å². The van der Waals surface area contributed by atoms with E-state index in [4.69, 9.17) is 11.6 Å². The second-order valence-electron chi connectivity index (χ2n) is 2.92. The Morgan fingerprint density at radius 2 is 2.07 bits per heavy atom. The molecule has 4 heteroatoms. The fraction of sp³-hybridized carbons (Fsp3) is 0.200. The van der Waals surface area contributed by atoms with Gasteiger partial charge in [0.05, 0.1) is 0 Å². The predicted molar refractivity (Wildman–Crippen MR) is 58.7 cm³/mol. The molecule has 0 heterocycles. The molecule has 1 rings (SSSR count). The SMILES string of the molecule is CC(=O)Cc1c(Br)cccc1C(=O)Cl. The maximum atomic E-state index is 11.0. The number of ketones is 1. The summed E-state index contributed by atoms with van der Waals surface area (Å²) in [7, 11) is 0. The summed E-state index contributed by atoms with van der Waals surface area (Å²) in [5.74, 6) is -0.00364. The molecule has 0 fully saturated rings. The van der Waals surface area contributed by atoms with E-state index in [-0.39, 0.29) is 12.2 Å². The van der Waals surface area contributed by atoms with E-state index in [9.17, 15) is 9.59 Å². The second-order valence-corrected chi connectivity index (χ2v) is 4.12. The molecule has 0 spiro atoms. The lowest BCUT2D eigenvalue weighted by molar-refractivity contribution is -0.116. The van der Waals surface area contributed by atoms with Gasteiger partial charge in [0, 0.05) is 16.5 Å². The maximum Gasteiger partial charge on any atom is 0.252 e. The first-order valence-corrected chi connectivity index (χ1v) is 5.16. The van der Waals surface area contributed by atoms with Crippen LogP contribution >= 0.6 is 27.5 Å². The molecule has 0 unspecified atom stereocenters. The Bertz CT molecular complexity index is 388. The molecule has 0 bridgehead atoms. The third-order valence-electron chi connectivity index (χ3n) is 1.76. The van der Waals surface area contributed by atoms with E-state index < -0.39 is 5.24 Å². The van der Waals surface area contributed by atoms with Crippen LogP contribution in [0.5, 0.6) is 0 Å². The molecule has 14 heavy (non-hydrogen) atoms. The number of hydrogen-bond donors (Lipinski definition) is 0. The van der Waals surface area contributed by atoms with Gasteiger partial charge >= 0.3 is 0 Å². The second kappa shape index (κ2) is 4.71. The van der Waals surface area contributed by atoms with E-state index in [0.717, 1.165) is 4.47 Å². The van der Waals surface area contributed by atoms with Crippen molar-refractivity contribution in [1.29, 1.82) is 0 Å². The van der Waals surface area contributed by atoms with Gasteiger partial charge in [0.1, 0.15) is 5.78 Å². The average molecular weight is 276 g/mol. The Balaban J connectivity index is 3.22. The van der Waals surface area contributed by atoms with Crippen molar-refractivity contribution in [2.24, 2.45) is 0 Å². The third-order valence-corrected chi connectivity index (χ3v) is 2.70. The number of hydrogen-bond acceptors (Lipinski definition) is 2. The first kappa shape index (κ1) is 11.4. The molecule has 0 aliphatic rings. The Kier molecular flexibility index (Phi) is 3.84. The van der Waals surface area contributed by atoms with Crippen LogP contribution in [-0.4, -0.2) is 11.0 Å². The molecular weight excluding hydrogens is 267 g/mol. The lowest BCUT2D eigenvalue weighted by atomic mass is 10.0. The van der Waals surface area contributed by atoms with Crippen LogP contribution in [0.2, 0.25) is 0 Å². The van der Waals surface area contributed by atoms with Crippen molar-refractivity contribution in [3.63, 3.8) is 0 Å². The number of Topliss-reactive ketones (excluding diaryl/α,β-unsaturated/α-hetero) is 1. The largest absolute Gasteiger partial charge is 0.300 e. The van der Waals surface area contributed by atoms with Gasteiger partial charge in [0.2, 0.25) is 0 Å². The van der Waals surface area contributed by atoms with Gasteiger partial charge in [0.15, 0.2) is 0 Å². The van der Waals surface area contributed by atoms with E-state index in [1.54, 1.807) is 18.2 Å². The van der Waals surface area contributed by atoms with Crippen molar-refractivity contribution < 1.29 is 9.59 Å². The standard InChI is InChI=1S/C10H8BrClO2/c1-6(13)5-8-7(10(12)14)3-2-4-9(8)11/h2-4H,5H2,1H3. The number of halogens is 2. The summed E-state index contributed by atoms with van der Waals surface area (Å²) in [6.45, 7) is 1.47. The number of carbonyl (C=O) groups is 2. The minimum absolute atomic E-state index is 0.00364. The summed E-state index contributed by atoms with van der Waals surface area (Å²) in [5.41, 5.74) is 1.04. The van der Waals surface area contributed by atoms with Crippen LogP contribution in [0.3, 0.4) is 0 Å². The Morgan fingerprint density at radius 1 is 1.43 bits per heavy atom. The van der Waals surface area contributed by atoms with Gasteiger partial charge in [0.25, 0.3) is 5.24 Å². The minimum atomic E-state index is -0.539. The van der Waals surface area contributed by atoms with E-state index in [1.807, 2.05) is 0 Å². The average Bonchev–Trinajstić information content (AvgIpc) is 2.07. The first-order valence-electron chi connectivity index (χ1n) is 3.99. The summed E-state index contributed by atoms with van der Waals surface area (Å²) in [4.78, 5) is 22.0. The normalized spacial score (nSPS) is 9.93. The molecule has 1 aromatic rings. The van der Waals surface area contributed by atoms with Crippen molar-refractivity contribution in [1.82, 2.24) is 0 Å². The summed E-state index contributed by atoms with van der Waals surface area (Å²) in [6.07, 6.45) is 0.217. The zero-order chi connectivity index (χ0) is 10.7. The highest BCUT2D eigenvalue weighted by molar-refractivity contribution is 9.10. The van der Waals surface area contributed by atoms with Crippen molar-refractivity contribution >= 4 is 38.6 Å². The van der Waals surface area contributed by atoms with Crippen LogP contribution in [0.25, 0.3) is 0 Å². The first-order chi connectivity index (χ1) is 6.52. The van der Waals surface area contributed by atoms with Crippen molar-refractivity contribution in [3.8, 4) is 0 Å². The van der Waals surface area contributed by atoms with Crippen LogP contribution < -0.4 is 0 Å². The van der Waals surface area contributed by atoms with E-state index >= 15 is 0 Å². The summed E-state index contributed by atoms with van der Waals surface area (Å²) >= 11 is 8.67. The molecule has 0 amide bonds. The van der Waals surface area contributed by atoms with Crippen LogP contribution in [0, 0.1) is 0 Å². The van der Waals surface area contributed by atoms with Crippen molar-refractivity contribution in [2.75, 3.05) is 0 Å². The summed E-state index contributed by atoms with van der Waals surface area (Å²) < 4.78 is 0.735. The number of carbonyl (C=O) groups excluding carboxylic acids is 2. The van der Waals surface area contributed by atoms with Gasteiger partial charge in [-0.25, -0.2) is 0 Å². The Labute approximate surface area is 95.4 Å². The van der Waals surface area contributed by atoms with Gasteiger partial charge in [-0.15, -0.1) is 0 Å². The van der Waals surface area contributed by atoms with Gasteiger partial charge < -0.3 is 0 Å². The molecule has 0 saturated heterocycles. The Morgan fingerprint density at radius 3 is 2.57 bits per heavy atom. The molecule has 2 nitrogen and oxygen atoms in total. The molecule has 0 N–H and O–H groups in total. The zero-order valence-corrected chi connectivity index (χ0v) is 9.85.